The minimum atomic E-state index is -0.273. The Balaban J connectivity index is 1.76. The first kappa shape index (κ1) is 13.1. The summed E-state index contributed by atoms with van der Waals surface area (Å²) in [6.07, 6.45) is 3.40. The summed E-state index contributed by atoms with van der Waals surface area (Å²) in [5.74, 6) is 0.497. The normalized spacial score (nSPS) is 10.5. The molecule has 1 aromatic carbocycles. The maximum Gasteiger partial charge on any atom is 0.276 e. The van der Waals surface area contributed by atoms with E-state index in [1.165, 1.54) is 0 Å². The van der Waals surface area contributed by atoms with E-state index in [0.717, 1.165) is 5.75 Å². The zero-order chi connectivity index (χ0) is 14.7. The van der Waals surface area contributed by atoms with E-state index in [9.17, 15) is 4.79 Å². The number of hydrogen-bond donors (Lipinski definition) is 1. The summed E-state index contributed by atoms with van der Waals surface area (Å²) in [7, 11) is 0. The Morgan fingerprint density at radius 1 is 1.33 bits per heavy atom. The number of nitrogens with one attached hydrogen (secondary N) is 1. The van der Waals surface area contributed by atoms with Gasteiger partial charge in [0.2, 0.25) is 0 Å². The Hall–Kier alpha value is -2.89. The number of ether oxygens (including phenoxy) is 1. The van der Waals surface area contributed by atoms with E-state index in [2.05, 4.69) is 15.4 Å². The Morgan fingerprint density at radius 2 is 2.14 bits per heavy atom. The molecule has 106 valence electrons. The summed E-state index contributed by atoms with van der Waals surface area (Å²) in [6, 6.07) is 10.6. The fourth-order valence-electron chi connectivity index (χ4n) is 1.94. The number of aromatic nitrogens is 3. The van der Waals surface area contributed by atoms with Crippen molar-refractivity contribution in [3.05, 3.63) is 54.5 Å². The van der Waals surface area contributed by atoms with E-state index in [1.807, 2.05) is 19.1 Å². The van der Waals surface area contributed by atoms with Crippen LogP contribution in [0.15, 0.2) is 48.8 Å². The first-order valence-corrected chi connectivity index (χ1v) is 6.61. The smallest absolute Gasteiger partial charge is 0.276 e. The number of benzene rings is 1. The highest BCUT2D eigenvalue weighted by Gasteiger charge is 2.11. The minimum Gasteiger partial charge on any atom is -0.494 e. The second kappa shape index (κ2) is 5.62. The van der Waals surface area contributed by atoms with E-state index < -0.39 is 0 Å². The summed E-state index contributed by atoms with van der Waals surface area (Å²) < 4.78 is 6.92. The van der Waals surface area contributed by atoms with Crippen LogP contribution in [0.5, 0.6) is 5.75 Å². The SMILES string of the molecule is CCOc1ccc(NC(=O)c2cc3ncccn3n2)cc1. The highest BCUT2D eigenvalue weighted by molar-refractivity contribution is 6.03. The molecule has 6 heteroatoms. The van der Waals surface area contributed by atoms with Crippen molar-refractivity contribution in [1.29, 1.82) is 0 Å². The zero-order valence-electron chi connectivity index (χ0n) is 11.5. The van der Waals surface area contributed by atoms with Gasteiger partial charge in [-0.2, -0.15) is 5.10 Å². The molecule has 0 saturated carbocycles. The highest BCUT2D eigenvalue weighted by Crippen LogP contribution is 2.16. The van der Waals surface area contributed by atoms with E-state index in [-0.39, 0.29) is 5.91 Å². The number of anilines is 1. The van der Waals surface area contributed by atoms with E-state index in [0.29, 0.717) is 23.6 Å². The van der Waals surface area contributed by atoms with Crippen molar-refractivity contribution in [2.75, 3.05) is 11.9 Å². The van der Waals surface area contributed by atoms with Gasteiger partial charge in [-0.15, -0.1) is 0 Å². The van der Waals surface area contributed by atoms with E-state index in [4.69, 9.17) is 4.74 Å². The molecule has 0 bridgehead atoms. The van der Waals surface area contributed by atoms with Gasteiger partial charge in [0.25, 0.3) is 5.91 Å². The molecule has 0 radical (unpaired) electrons. The highest BCUT2D eigenvalue weighted by atomic mass is 16.5. The first-order chi connectivity index (χ1) is 10.3. The molecule has 3 aromatic rings. The van der Waals surface area contributed by atoms with Crippen LogP contribution >= 0.6 is 0 Å². The molecule has 0 atom stereocenters. The van der Waals surface area contributed by atoms with Crippen LogP contribution in [0.4, 0.5) is 5.69 Å². The van der Waals surface area contributed by atoms with Gasteiger partial charge in [0, 0.05) is 24.1 Å². The Morgan fingerprint density at radius 3 is 2.86 bits per heavy atom. The topological polar surface area (TPSA) is 68.5 Å². The van der Waals surface area contributed by atoms with Crippen LogP contribution in [-0.2, 0) is 0 Å². The van der Waals surface area contributed by atoms with Gasteiger partial charge in [-0.05, 0) is 37.3 Å². The molecule has 1 N–H and O–H groups in total. The van der Waals surface area contributed by atoms with Gasteiger partial charge in [0.1, 0.15) is 5.75 Å². The summed E-state index contributed by atoms with van der Waals surface area (Å²) in [5, 5.41) is 6.96. The number of hydrogen-bond acceptors (Lipinski definition) is 4. The molecule has 2 heterocycles. The molecule has 2 aromatic heterocycles. The van der Waals surface area contributed by atoms with Gasteiger partial charge in [-0.3, -0.25) is 4.79 Å². The third-order valence-electron chi connectivity index (χ3n) is 2.89. The quantitative estimate of drug-likeness (QED) is 0.797. The average molecular weight is 282 g/mol. The molecule has 3 rings (SSSR count). The Bertz CT molecular complexity index is 732. The van der Waals surface area contributed by atoms with Crippen LogP contribution < -0.4 is 10.1 Å². The lowest BCUT2D eigenvalue weighted by Gasteiger charge is -2.05. The molecule has 0 aliphatic carbocycles. The maximum absolute atomic E-state index is 12.1. The van der Waals surface area contributed by atoms with Gasteiger partial charge >= 0.3 is 0 Å². The van der Waals surface area contributed by atoms with Gasteiger partial charge in [0.05, 0.1) is 6.61 Å². The predicted octanol–water partition coefficient (Wildman–Crippen LogP) is 2.38. The van der Waals surface area contributed by atoms with E-state index in [1.54, 1.807) is 41.2 Å². The number of nitrogens with zero attached hydrogens (tertiary/aromatic N) is 3. The van der Waals surface area contributed by atoms with Crippen molar-refractivity contribution in [2.24, 2.45) is 0 Å². The van der Waals surface area contributed by atoms with Crippen LogP contribution in [0.3, 0.4) is 0 Å². The van der Waals surface area contributed by atoms with Gasteiger partial charge in [0.15, 0.2) is 11.3 Å². The number of amides is 1. The number of fused-ring (bicyclic) bond motifs is 1. The zero-order valence-corrected chi connectivity index (χ0v) is 11.5. The predicted molar refractivity (Wildman–Crippen MR) is 78.6 cm³/mol. The van der Waals surface area contributed by atoms with Crippen molar-refractivity contribution in [3.63, 3.8) is 0 Å². The lowest BCUT2D eigenvalue weighted by Crippen LogP contribution is -2.12. The monoisotopic (exact) mass is 282 g/mol. The second-order valence-electron chi connectivity index (χ2n) is 4.36. The first-order valence-electron chi connectivity index (χ1n) is 6.61. The molecule has 0 aliphatic heterocycles. The molecule has 0 unspecified atom stereocenters. The van der Waals surface area contributed by atoms with Gasteiger partial charge in [-0.1, -0.05) is 0 Å². The van der Waals surface area contributed by atoms with E-state index >= 15 is 0 Å². The van der Waals surface area contributed by atoms with Crippen LogP contribution in [0.2, 0.25) is 0 Å². The molecular formula is C15H14N4O2. The number of rotatable bonds is 4. The molecule has 6 nitrogen and oxygen atoms in total. The van der Waals surface area contributed by atoms with Crippen molar-refractivity contribution in [3.8, 4) is 5.75 Å². The van der Waals surface area contributed by atoms with Crippen molar-refractivity contribution < 1.29 is 9.53 Å². The molecule has 1 amide bonds. The lowest BCUT2D eigenvalue weighted by molar-refractivity contribution is 0.102. The van der Waals surface area contributed by atoms with Crippen LogP contribution in [0.25, 0.3) is 5.65 Å². The number of carbonyl (C=O) groups is 1. The molecular weight excluding hydrogens is 268 g/mol. The summed E-state index contributed by atoms with van der Waals surface area (Å²) in [4.78, 5) is 16.3. The molecule has 0 fully saturated rings. The third kappa shape index (κ3) is 2.84. The fraction of sp³-hybridized carbons (Fsp3) is 0.133. The van der Waals surface area contributed by atoms with Crippen molar-refractivity contribution in [1.82, 2.24) is 14.6 Å². The largest absolute Gasteiger partial charge is 0.494 e. The lowest BCUT2D eigenvalue weighted by atomic mass is 10.3. The second-order valence-corrected chi connectivity index (χ2v) is 4.36. The van der Waals surface area contributed by atoms with Gasteiger partial charge in [-0.25, -0.2) is 9.50 Å². The summed E-state index contributed by atoms with van der Waals surface area (Å²) >= 11 is 0. The van der Waals surface area contributed by atoms with Crippen LogP contribution in [-0.4, -0.2) is 27.1 Å². The van der Waals surface area contributed by atoms with Crippen LogP contribution in [0.1, 0.15) is 17.4 Å². The Kier molecular flexibility index (Phi) is 3.51. The fourth-order valence-corrected chi connectivity index (χ4v) is 1.94. The van der Waals surface area contributed by atoms with Gasteiger partial charge < -0.3 is 10.1 Å². The van der Waals surface area contributed by atoms with Crippen molar-refractivity contribution in [2.45, 2.75) is 6.92 Å². The molecule has 0 aliphatic rings. The molecule has 21 heavy (non-hydrogen) atoms. The summed E-state index contributed by atoms with van der Waals surface area (Å²) in [5.41, 5.74) is 1.64. The molecule has 0 saturated heterocycles. The summed E-state index contributed by atoms with van der Waals surface area (Å²) in [6.45, 7) is 2.53. The average Bonchev–Trinajstić information content (AvgIpc) is 2.94. The molecule has 0 spiro atoms. The van der Waals surface area contributed by atoms with Crippen molar-refractivity contribution >= 4 is 17.2 Å². The maximum atomic E-state index is 12.1. The Labute approximate surface area is 121 Å². The number of carbonyl (C=O) groups excluding carboxylic acids is 1. The minimum absolute atomic E-state index is 0.273. The van der Waals surface area contributed by atoms with Crippen LogP contribution in [0, 0.1) is 0 Å². The third-order valence-corrected chi connectivity index (χ3v) is 2.89. The standard InChI is InChI=1S/C15H14N4O2/c1-2-21-12-6-4-11(5-7-12)17-15(20)13-10-14-16-8-3-9-19(14)18-13/h3-10H,2H2,1H3,(H,17,20).